The molecule has 0 bridgehead atoms. The van der Waals surface area contributed by atoms with Gasteiger partial charge in [-0.1, -0.05) is 42.5 Å². The van der Waals surface area contributed by atoms with Crippen molar-refractivity contribution in [3.63, 3.8) is 0 Å². The first-order valence-electron chi connectivity index (χ1n) is 9.11. The van der Waals surface area contributed by atoms with E-state index >= 15 is 0 Å². The highest BCUT2D eigenvalue weighted by molar-refractivity contribution is 5.68. The lowest BCUT2D eigenvalue weighted by Gasteiger charge is -2.24. The summed E-state index contributed by atoms with van der Waals surface area (Å²) in [6, 6.07) is 10.5. The maximum absolute atomic E-state index is 12.5. The van der Waals surface area contributed by atoms with E-state index in [1.165, 1.54) is 5.56 Å². The molecule has 1 aliphatic heterocycles. The Bertz CT molecular complexity index is 577. The molecule has 0 saturated carbocycles. The number of ether oxygens (including phenoxy) is 1. The van der Waals surface area contributed by atoms with Crippen molar-refractivity contribution < 1.29 is 9.53 Å². The Morgan fingerprint density at radius 2 is 1.88 bits per heavy atom. The number of benzene rings is 1. The van der Waals surface area contributed by atoms with Crippen LogP contribution in [0.3, 0.4) is 0 Å². The van der Waals surface area contributed by atoms with Crippen LogP contribution in [-0.4, -0.2) is 42.8 Å². The molecule has 1 amide bonds. The van der Waals surface area contributed by atoms with Gasteiger partial charge in [-0.3, -0.25) is 0 Å². The lowest BCUT2D eigenvalue weighted by atomic mass is 9.89. The van der Waals surface area contributed by atoms with Crippen LogP contribution in [0.25, 0.3) is 0 Å². The Kier molecular flexibility index (Phi) is 6.65. The summed E-state index contributed by atoms with van der Waals surface area (Å²) in [6.07, 6.45) is 0.785. The smallest absolute Gasteiger partial charge is 0.410 e. The van der Waals surface area contributed by atoms with Crippen LogP contribution in [-0.2, 0) is 11.2 Å². The highest BCUT2D eigenvalue weighted by atomic mass is 16.6. The zero-order chi connectivity index (χ0) is 18.4. The fourth-order valence-corrected chi connectivity index (χ4v) is 3.26. The van der Waals surface area contributed by atoms with Crippen LogP contribution >= 0.6 is 0 Å². The number of hydrogen-bond acceptors (Lipinski definition) is 3. The van der Waals surface area contributed by atoms with Crippen LogP contribution in [0.5, 0.6) is 0 Å². The number of nitrogens with one attached hydrogen (secondary N) is 1. The van der Waals surface area contributed by atoms with E-state index in [1.54, 1.807) is 0 Å². The first-order valence-corrected chi connectivity index (χ1v) is 9.11. The maximum atomic E-state index is 12.5. The molecule has 0 aliphatic carbocycles. The molecule has 4 nitrogen and oxygen atoms in total. The van der Waals surface area contributed by atoms with Gasteiger partial charge < -0.3 is 15.0 Å². The molecule has 2 rings (SSSR count). The molecule has 0 spiro atoms. The monoisotopic (exact) mass is 344 g/mol. The van der Waals surface area contributed by atoms with Crippen molar-refractivity contribution in [3.05, 3.63) is 48.0 Å². The van der Waals surface area contributed by atoms with Crippen LogP contribution in [0.2, 0.25) is 0 Å². The summed E-state index contributed by atoms with van der Waals surface area (Å²) in [7, 11) is 0. The second-order valence-electron chi connectivity index (χ2n) is 8.18. The molecular weight excluding hydrogens is 312 g/mol. The lowest BCUT2D eigenvalue weighted by molar-refractivity contribution is 0.0284. The average Bonchev–Trinajstić information content (AvgIpc) is 2.89. The van der Waals surface area contributed by atoms with Gasteiger partial charge in [0.25, 0.3) is 0 Å². The molecule has 1 N–H and O–H groups in total. The summed E-state index contributed by atoms with van der Waals surface area (Å²) < 4.78 is 5.56. The van der Waals surface area contributed by atoms with Gasteiger partial charge in [-0.25, -0.2) is 4.79 Å². The number of likely N-dealkylation sites (tertiary alicyclic amines) is 1. The van der Waals surface area contributed by atoms with Crippen molar-refractivity contribution in [2.45, 2.75) is 39.7 Å². The number of carbonyl (C=O) groups excluding carboxylic acids is 1. The minimum Gasteiger partial charge on any atom is -0.444 e. The highest BCUT2D eigenvalue weighted by Gasteiger charge is 2.36. The van der Waals surface area contributed by atoms with Gasteiger partial charge in [0.15, 0.2) is 0 Å². The third-order valence-corrected chi connectivity index (χ3v) is 4.40. The third-order valence-electron chi connectivity index (χ3n) is 4.40. The molecule has 1 fully saturated rings. The zero-order valence-electron chi connectivity index (χ0n) is 16.0. The van der Waals surface area contributed by atoms with Crippen molar-refractivity contribution in [2.75, 3.05) is 26.2 Å². The number of amides is 1. The molecular formula is C21H32N2O2. The molecule has 0 radical (unpaired) electrons. The van der Waals surface area contributed by atoms with Crippen LogP contribution in [0.15, 0.2) is 42.5 Å². The summed E-state index contributed by atoms with van der Waals surface area (Å²) in [5, 5.41) is 3.47. The summed E-state index contributed by atoms with van der Waals surface area (Å²) in [4.78, 5) is 14.3. The van der Waals surface area contributed by atoms with Gasteiger partial charge in [0, 0.05) is 26.2 Å². The molecule has 1 aromatic rings. The van der Waals surface area contributed by atoms with E-state index in [-0.39, 0.29) is 6.09 Å². The van der Waals surface area contributed by atoms with Crippen molar-refractivity contribution in [2.24, 2.45) is 11.8 Å². The fraction of sp³-hybridized carbons (Fsp3) is 0.571. The number of carbonyl (C=O) groups is 1. The van der Waals surface area contributed by atoms with Gasteiger partial charge in [0.05, 0.1) is 0 Å². The van der Waals surface area contributed by atoms with Gasteiger partial charge in [0.1, 0.15) is 5.60 Å². The molecule has 0 aromatic heterocycles. The van der Waals surface area contributed by atoms with Gasteiger partial charge in [-0.2, -0.15) is 0 Å². The SMILES string of the molecule is C=C(C)CNC[C@H]1CN(C(=O)OC(C)(C)C)C[C@H]1Cc1ccccc1. The summed E-state index contributed by atoms with van der Waals surface area (Å²) in [5.41, 5.74) is 1.99. The molecule has 1 aromatic carbocycles. The van der Waals surface area contributed by atoms with E-state index in [0.29, 0.717) is 11.8 Å². The first kappa shape index (κ1) is 19.5. The summed E-state index contributed by atoms with van der Waals surface area (Å²) in [5.74, 6) is 0.861. The van der Waals surface area contributed by atoms with Crippen molar-refractivity contribution in [1.29, 1.82) is 0 Å². The molecule has 4 heteroatoms. The predicted molar refractivity (Wildman–Crippen MR) is 103 cm³/mol. The summed E-state index contributed by atoms with van der Waals surface area (Å²) >= 11 is 0. The zero-order valence-corrected chi connectivity index (χ0v) is 16.0. The fourth-order valence-electron chi connectivity index (χ4n) is 3.26. The Balaban J connectivity index is 2.01. The minimum atomic E-state index is -0.456. The summed E-state index contributed by atoms with van der Waals surface area (Å²) in [6.45, 7) is 14.9. The van der Waals surface area contributed by atoms with Gasteiger partial charge in [0.2, 0.25) is 0 Å². The highest BCUT2D eigenvalue weighted by Crippen LogP contribution is 2.28. The predicted octanol–water partition coefficient (Wildman–Crippen LogP) is 3.88. The second kappa shape index (κ2) is 8.52. The Morgan fingerprint density at radius 3 is 2.48 bits per heavy atom. The lowest BCUT2D eigenvalue weighted by Crippen LogP contribution is -2.36. The van der Waals surface area contributed by atoms with E-state index in [9.17, 15) is 4.79 Å². The number of hydrogen-bond donors (Lipinski definition) is 1. The van der Waals surface area contributed by atoms with Crippen LogP contribution < -0.4 is 5.32 Å². The van der Waals surface area contributed by atoms with E-state index in [4.69, 9.17) is 4.74 Å². The van der Waals surface area contributed by atoms with E-state index < -0.39 is 5.60 Å². The van der Waals surface area contributed by atoms with Crippen molar-refractivity contribution >= 4 is 6.09 Å². The third kappa shape index (κ3) is 6.54. The second-order valence-corrected chi connectivity index (χ2v) is 8.18. The van der Waals surface area contributed by atoms with Gasteiger partial charge in [-0.05, 0) is 51.5 Å². The average molecular weight is 344 g/mol. The number of nitrogens with zero attached hydrogens (tertiary/aromatic N) is 1. The largest absolute Gasteiger partial charge is 0.444 e. The standard InChI is InChI=1S/C21H32N2O2/c1-16(2)12-22-13-19-15-23(20(24)25-21(3,4)5)14-18(19)11-17-9-7-6-8-10-17/h6-10,18-19,22H,1,11-15H2,2-5H3/t18-,19+/m1/s1. The van der Waals surface area contributed by atoms with Crippen LogP contribution in [0, 0.1) is 11.8 Å². The maximum Gasteiger partial charge on any atom is 0.410 e. The number of rotatable bonds is 6. The Hall–Kier alpha value is -1.81. The normalized spacial score (nSPS) is 20.6. The van der Waals surface area contributed by atoms with E-state index in [0.717, 1.165) is 38.2 Å². The molecule has 25 heavy (non-hydrogen) atoms. The molecule has 138 valence electrons. The minimum absolute atomic E-state index is 0.201. The van der Waals surface area contributed by atoms with Crippen LogP contribution in [0.4, 0.5) is 4.79 Å². The molecule has 0 unspecified atom stereocenters. The van der Waals surface area contributed by atoms with Crippen molar-refractivity contribution in [1.82, 2.24) is 10.2 Å². The Labute approximate surface area is 152 Å². The van der Waals surface area contributed by atoms with E-state index in [1.807, 2.05) is 38.7 Å². The molecule has 1 heterocycles. The van der Waals surface area contributed by atoms with Crippen LogP contribution in [0.1, 0.15) is 33.3 Å². The van der Waals surface area contributed by atoms with Gasteiger partial charge >= 0.3 is 6.09 Å². The van der Waals surface area contributed by atoms with E-state index in [2.05, 4.69) is 36.2 Å². The van der Waals surface area contributed by atoms with Gasteiger partial charge in [-0.15, -0.1) is 0 Å². The Morgan fingerprint density at radius 1 is 1.24 bits per heavy atom. The topological polar surface area (TPSA) is 41.6 Å². The van der Waals surface area contributed by atoms with Crippen molar-refractivity contribution in [3.8, 4) is 0 Å². The molecule has 1 saturated heterocycles. The molecule has 2 atom stereocenters. The quantitative estimate of drug-likeness (QED) is 0.796. The first-order chi connectivity index (χ1) is 11.7. The molecule has 1 aliphatic rings.